The van der Waals surface area contributed by atoms with Crippen LogP contribution in [-0.4, -0.2) is 5.97 Å². The lowest BCUT2D eigenvalue weighted by Crippen LogP contribution is -2.39. The molecule has 27 heavy (non-hydrogen) atoms. The molecule has 0 aliphatic heterocycles. The maximum Gasteiger partial charge on any atom is 0.325 e. The van der Waals surface area contributed by atoms with E-state index in [9.17, 15) is 4.79 Å². The van der Waals surface area contributed by atoms with Gasteiger partial charge in [0.15, 0.2) is 0 Å². The molecule has 0 saturated carbocycles. The first-order valence-corrected chi connectivity index (χ1v) is 9.77. The highest BCUT2D eigenvalue weighted by molar-refractivity contribution is 7.21. The molecule has 0 bridgehead atoms. The van der Waals surface area contributed by atoms with Gasteiger partial charge in [-0.15, -0.1) is 9.24 Å². The summed E-state index contributed by atoms with van der Waals surface area (Å²) in [5.41, 5.74) is 2.08. The van der Waals surface area contributed by atoms with E-state index in [4.69, 9.17) is 4.74 Å². The van der Waals surface area contributed by atoms with Crippen LogP contribution in [0.5, 0.6) is 0 Å². The van der Waals surface area contributed by atoms with Crippen LogP contribution in [-0.2, 0) is 20.3 Å². The summed E-state index contributed by atoms with van der Waals surface area (Å²) in [5, 5.41) is -0.965. The minimum atomic E-state index is -0.965. The molecule has 3 rings (SSSR count). The van der Waals surface area contributed by atoms with E-state index >= 15 is 0 Å². The van der Waals surface area contributed by atoms with Crippen molar-refractivity contribution in [1.82, 2.24) is 0 Å². The van der Waals surface area contributed by atoms with Crippen molar-refractivity contribution in [3.05, 3.63) is 108 Å². The smallest absolute Gasteiger partial charge is 0.325 e. The van der Waals surface area contributed by atoms with Gasteiger partial charge in [0.25, 0.3) is 0 Å². The van der Waals surface area contributed by atoms with Crippen LogP contribution in [0.15, 0.2) is 91.0 Å². The molecule has 3 aromatic carbocycles. The second-order valence-electron chi connectivity index (χ2n) is 6.88. The largest absolute Gasteiger partial charge is 0.453 e. The van der Waals surface area contributed by atoms with Crippen molar-refractivity contribution in [1.29, 1.82) is 0 Å². The fourth-order valence-electron chi connectivity index (χ4n) is 3.22. The summed E-state index contributed by atoms with van der Waals surface area (Å²) in [6.45, 7) is 4.01. The standard InChI is InChI=1S/C24H25O2P/c1-3-23(2,19-13-7-4-8-14-19)26-22(25)24(27,20-15-9-5-10-16-20)21-17-11-6-12-18-21/h4-18H,3,27H2,1-2H3. The van der Waals surface area contributed by atoms with E-state index in [0.29, 0.717) is 6.42 Å². The highest BCUT2D eigenvalue weighted by Crippen LogP contribution is 2.42. The van der Waals surface area contributed by atoms with Gasteiger partial charge in [0.1, 0.15) is 10.8 Å². The zero-order valence-corrected chi connectivity index (χ0v) is 16.9. The van der Waals surface area contributed by atoms with Gasteiger partial charge in [-0.2, -0.15) is 0 Å². The summed E-state index contributed by atoms with van der Waals surface area (Å²) >= 11 is 0. The molecule has 0 N–H and O–H groups in total. The zero-order valence-electron chi connectivity index (χ0n) is 15.8. The Balaban J connectivity index is 2.04. The summed E-state index contributed by atoms with van der Waals surface area (Å²) in [5.74, 6) is -0.280. The molecule has 0 aliphatic rings. The van der Waals surface area contributed by atoms with Crippen LogP contribution in [0.2, 0.25) is 0 Å². The van der Waals surface area contributed by atoms with E-state index in [2.05, 4.69) is 9.24 Å². The van der Waals surface area contributed by atoms with Gasteiger partial charge in [0, 0.05) is 0 Å². The number of carbonyl (C=O) groups excluding carboxylic acids is 1. The summed E-state index contributed by atoms with van der Waals surface area (Å²) < 4.78 is 6.19. The summed E-state index contributed by atoms with van der Waals surface area (Å²) in [4.78, 5) is 13.6. The van der Waals surface area contributed by atoms with Crippen LogP contribution >= 0.6 is 9.24 Å². The third kappa shape index (κ3) is 3.82. The van der Waals surface area contributed by atoms with Gasteiger partial charge in [0.2, 0.25) is 0 Å². The Bertz CT molecular complexity index is 839. The molecule has 0 fully saturated rings. The van der Waals surface area contributed by atoms with Gasteiger partial charge < -0.3 is 4.74 Å². The first-order chi connectivity index (χ1) is 13.0. The molecule has 2 atom stereocenters. The molecule has 2 unspecified atom stereocenters. The van der Waals surface area contributed by atoms with Crippen LogP contribution in [0.3, 0.4) is 0 Å². The van der Waals surface area contributed by atoms with Crippen molar-refractivity contribution >= 4 is 15.2 Å². The number of carbonyl (C=O) groups is 1. The van der Waals surface area contributed by atoms with E-state index < -0.39 is 10.8 Å². The maximum atomic E-state index is 13.6. The van der Waals surface area contributed by atoms with E-state index in [0.717, 1.165) is 16.7 Å². The normalized spacial score (nSPS) is 13.6. The molecule has 3 aromatic rings. The lowest BCUT2D eigenvalue weighted by atomic mass is 9.88. The fourth-order valence-corrected chi connectivity index (χ4v) is 3.66. The van der Waals surface area contributed by atoms with Crippen molar-refractivity contribution in [2.45, 2.75) is 31.0 Å². The Hall–Kier alpha value is -2.44. The minimum absolute atomic E-state index is 0.280. The van der Waals surface area contributed by atoms with Crippen molar-refractivity contribution in [3.63, 3.8) is 0 Å². The maximum absolute atomic E-state index is 13.6. The second kappa shape index (κ2) is 8.06. The van der Waals surface area contributed by atoms with Crippen LogP contribution in [0, 0.1) is 0 Å². The predicted octanol–water partition coefficient (Wildman–Crippen LogP) is 5.67. The third-order valence-corrected chi connectivity index (χ3v) is 6.06. The number of rotatable bonds is 6. The highest BCUT2D eigenvalue weighted by Gasteiger charge is 2.42. The Labute approximate surface area is 163 Å². The van der Waals surface area contributed by atoms with Gasteiger partial charge in [-0.3, -0.25) is 4.79 Å². The topological polar surface area (TPSA) is 26.3 Å². The molecular formula is C24H25O2P. The Morgan fingerprint density at radius 3 is 1.52 bits per heavy atom. The van der Waals surface area contributed by atoms with E-state index in [1.807, 2.05) is 105 Å². The van der Waals surface area contributed by atoms with Crippen molar-refractivity contribution in [2.75, 3.05) is 0 Å². The molecule has 138 valence electrons. The monoisotopic (exact) mass is 376 g/mol. The number of hydrogen-bond acceptors (Lipinski definition) is 2. The highest BCUT2D eigenvalue weighted by atomic mass is 31.0. The number of esters is 1. The van der Waals surface area contributed by atoms with E-state index in [1.165, 1.54) is 0 Å². The second-order valence-corrected chi connectivity index (χ2v) is 7.75. The Morgan fingerprint density at radius 2 is 1.15 bits per heavy atom. The molecule has 2 nitrogen and oxygen atoms in total. The third-order valence-electron chi connectivity index (χ3n) is 5.16. The van der Waals surface area contributed by atoms with Gasteiger partial charge in [0.05, 0.1) is 0 Å². The SMILES string of the molecule is CCC(C)(OC(=O)C(P)(c1ccccc1)c1ccccc1)c1ccccc1. The fraction of sp³-hybridized carbons (Fsp3) is 0.208. The molecule has 0 amide bonds. The van der Waals surface area contributed by atoms with Crippen LogP contribution in [0.25, 0.3) is 0 Å². The first kappa shape index (κ1) is 19.3. The van der Waals surface area contributed by atoms with Crippen LogP contribution < -0.4 is 0 Å². The molecular weight excluding hydrogens is 351 g/mol. The van der Waals surface area contributed by atoms with Crippen LogP contribution in [0.4, 0.5) is 0 Å². The average molecular weight is 376 g/mol. The van der Waals surface area contributed by atoms with E-state index in [1.54, 1.807) is 0 Å². The zero-order chi connectivity index (χ0) is 19.3. The lowest BCUT2D eigenvalue weighted by molar-refractivity contribution is -0.162. The molecule has 0 saturated heterocycles. The van der Waals surface area contributed by atoms with Crippen molar-refractivity contribution < 1.29 is 9.53 Å². The van der Waals surface area contributed by atoms with Crippen molar-refractivity contribution in [2.24, 2.45) is 0 Å². The molecule has 0 spiro atoms. The van der Waals surface area contributed by atoms with E-state index in [-0.39, 0.29) is 5.97 Å². The molecule has 0 radical (unpaired) electrons. The van der Waals surface area contributed by atoms with Crippen molar-refractivity contribution in [3.8, 4) is 0 Å². The van der Waals surface area contributed by atoms with Crippen LogP contribution in [0.1, 0.15) is 37.0 Å². The van der Waals surface area contributed by atoms with Gasteiger partial charge in [-0.05, 0) is 30.0 Å². The summed E-state index contributed by atoms with van der Waals surface area (Å²) in [7, 11) is 2.75. The Morgan fingerprint density at radius 1 is 0.778 bits per heavy atom. The Kier molecular flexibility index (Phi) is 5.77. The predicted molar refractivity (Wildman–Crippen MR) is 114 cm³/mol. The molecule has 0 heterocycles. The number of ether oxygens (including phenoxy) is 1. The average Bonchev–Trinajstić information content (AvgIpc) is 2.74. The number of hydrogen-bond donors (Lipinski definition) is 0. The van der Waals surface area contributed by atoms with Gasteiger partial charge in [-0.1, -0.05) is 97.9 Å². The molecule has 0 aliphatic carbocycles. The molecule has 0 aromatic heterocycles. The lowest BCUT2D eigenvalue weighted by Gasteiger charge is -2.35. The first-order valence-electron chi connectivity index (χ1n) is 9.19. The quantitative estimate of drug-likeness (QED) is 0.409. The summed E-state index contributed by atoms with van der Waals surface area (Å²) in [6, 6.07) is 29.5. The van der Waals surface area contributed by atoms with Gasteiger partial charge in [-0.25, -0.2) is 0 Å². The number of benzene rings is 3. The summed E-state index contributed by atoms with van der Waals surface area (Å²) in [6.07, 6.45) is 0.688. The minimum Gasteiger partial charge on any atom is -0.453 e. The van der Waals surface area contributed by atoms with Gasteiger partial charge >= 0.3 is 5.97 Å². The molecule has 3 heteroatoms.